The number of nitrogens with one attached hydrogen (secondary N) is 1. The largest absolute Gasteiger partial charge is 0.436 e. The zero-order valence-electron chi connectivity index (χ0n) is 16.4. The van der Waals surface area contributed by atoms with Crippen molar-refractivity contribution in [3.8, 4) is 11.5 Å². The zero-order chi connectivity index (χ0) is 21.8. The smallest absolute Gasteiger partial charge is 0.227 e. The molecule has 0 saturated carbocycles. The fraction of sp³-hybridized carbons (Fsp3) is 0.130. The molecule has 0 saturated heterocycles. The summed E-state index contributed by atoms with van der Waals surface area (Å²) in [5.74, 6) is 0.0812. The Morgan fingerprint density at radius 1 is 1.00 bits per heavy atom. The molecule has 0 aliphatic carbocycles. The van der Waals surface area contributed by atoms with Gasteiger partial charge in [0.25, 0.3) is 0 Å². The molecule has 1 amide bonds. The molecular formula is C23H19ClN2O4S. The Morgan fingerprint density at radius 3 is 2.55 bits per heavy atom. The lowest BCUT2D eigenvalue weighted by Crippen LogP contribution is -2.14. The summed E-state index contributed by atoms with van der Waals surface area (Å²) in [7, 11) is -3.46. The molecule has 6 nitrogen and oxygen atoms in total. The van der Waals surface area contributed by atoms with Crippen LogP contribution < -0.4 is 5.32 Å². The van der Waals surface area contributed by atoms with Crippen molar-refractivity contribution in [2.75, 3.05) is 11.1 Å². The number of oxazole rings is 1. The second-order valence-corrected chi connectivity index (χ2v) is 9.54. The van der Waals surface area contributed by atoms with Gasteiger partial charge in [0.15, 0.2) is 15.4 Å². The molecule has 4 rings (SSSR count). The van der Waals surface area contributed by atoms with Crippen molar-refractivity contribution in [1.29, 1.82) is 0 Å². The second kappa shape index (κ2) is 8.91. The number of fused-ring (bicyclic) bond motifs is 1. The van der Waals surface area contributed by atoms with Gasteiger partial charge in [-0.2, -0.15) is 0 Å². The number of hydrogen-bond donors (Lipinski definition) is 1. The van der Waals surface area contributed by atoms with Gasteiger partial charge in [0.05, 0.1) is 10.6 Å². The van der Waals surface area contributed by atoms with E-state index in [0.29, 0.717) is 22.2 Å². The highest BCUT2D eigenvalue weighted by molar-refractivity contribution is 7.91. The maximum Gasteiger partial charge on any atom is 0.227 e. The fourth-order valence-corrected chi connectivity index (χ4v) is 4.57. The van der Waals surface area contributed by atoms with E-state index < -0.39 is 9.84 Å². The van der Waals surface area contributed by atoms with E-state index in [9.17, 15) is 13.2 Å². The van der Waals surface area contributed by atoms with Gasteiger partial charge >= 0.3 is 0 Å². The van der Waals surface area contributed by atoms with E-state index in [1.54, 1.807) is 18.2 Å². The summed E-state index contributed by atoms with van der Waals surface area (Å²) in [6.45, 7) is 0. The van der Waals surface area contributed by atoms with Crippen molar-refractivity contribution in [2.45, 2.75) is 17.7 Å². The van der Waals surface area contributed by atoms with Crippen LogP contribution in [0.4, 0.5) is 5.69 Å². The predicted octanol–water partition coefficient (Wildman–Crippen LogP) is 5.34. The lowest BCUT2D eigenvalue weighted by molar-refractivity contribution is -0.116. The lowest BCUT2D eigenvalue weighted by Gasteiger charge is -2.07. The van der Waals surface area contributed by atoms with Crippen LogP contribution in [0.1, 0.15) is 12.8 Å². The molecule has 8 heteroatoms. The Labute approximate surface area is 184 Å². The van der Waals surface area contributed by atoms with Crippen LogP contribution in [0.2, 0.25) is 5.02 Å². The van der Waals surface area contributed by atoms with E-state index in [0.717, 1.165) is 11.1 Å². The number of nitrogens with zero attached hydrogens (tertiary/aromatic N) is 1. The van der Waals surface area contributed by atoms with E-state index in [-0.39, 0.29) is 29.4 Å². The molecule has 0 radical (unpaired) electrons. The first-order valence-corrected chi connectivity index (χ1v) is 11.7. The van der Waals surface area contributed by atoms with Crippen LogP contribution in [-0.4, -0.2) is 25.1 Å². The zero-order valence-corrected chi connectivity index (χ0v) is 18.0. The Kier molecular flexibility index (Phi) is 6.06. The van der Waals surface area contributed by atoms with Gasteiger partial charge in [-0.25, -0.2) is 13.4 Å². The molecule has 1 N–H and O–H groups in total. The molecule has 1 aromatic heterocycles. The van der Waals surface area contributed by atoms with Gasteiger partial charge < -0.3 is 9.73 Å². The van der Waals surface area contributed by atoms with Gasteiger partial charge in [0.1, 0.15) is 5.52 Å². The van der Waals surface area contributed by atoms with E-state index in [1.165, 1.54) is 24.3 Å². The van der Waals surface area contributed by atoms with Crippen LogP contribution in [0.25, 0.3) is 22.6 Å². The number of carbonyl (C=O) groups is 1. The SMILES string of the molecule is O=C(CCCS(=O)(=O)c1ccc(Cl)cc1)Nc1cccc(-c2nc3ccccc3o2)c1. The number of rotatable bonds is 7. The normalized spacial score (nSPS) is 11.5. The molecule has 31 heavy (non-hydrogen) atoms. The summed E-state index contributed by atoms with van der Waals surface area (Å²) < 4.78 is 30.5. The summed E-state index contributed by atoms with van der Waals surface area (Å²) in [4.78, 5) is 17.0. The number of amides is 1. The molecule has 1 heterocycles. The van der Waals surface area contributed by atoms with Crippen molar-refractivity contribution in [2.24, 2.45) is 0 Å². The minimum absolute atomic E-state index is 0.0833. The molecular weight excluding hydrogens is 436 g/mol. The summed E-state index contributed by atoms with van der Waals surface area (Å²) in [6.07, 6.45) is 0.293. The maximum absolute atomic E-state index is 12.4. The molecule has 0 atom stereocenters. The lowest BCUT2D eigenvalue weighted by atomic mass is 10.2. The summed E-state index contributed by atoms with van der Waals surface area (Å²) in [5, 5.41) is 3.27. The molecule has 0 aliphatic heterocycles. The third-order valence-electron chi connectivity index (χ3n) is 4.68. The number of carbonyl (C=O) groups excluding carboxylic acids is 1. The number of sulfone groups is 1. The molecule has 4 aromatic rings. The van der Waals surface area contributed by atoms with Gasteiger partial charge in [-0.3, -0.25) is 4.79 Å². The van der Waals surface area contributed by atoms with E-state index >= 15 is 0 Å². The van der Waals surface area contributed by atoms with Gasteiger partial charge in [-0.1, -0.05) is 29.8 Å². The summed E-state index contributed by atoms with van der Waals surface area (Å²) in [6, 6.07) is 20.6. The highest BCUT2D eigenvalue weighted by Crippen LogP contribution is 2.26. The minimum atomic E-state index is -3.46. The standard InChI is InChI=1S/C23H19ClN2O4S/c24-17-10-12-19(13-11-17)31(28,29)14-4-9-22(27)25-18-6-3-5-16(15-18)23-26-20-7-1-2-8-21(20)30-23/h1-3,5-8,10-13,15H,4,9,14H2,(H,25,27). The predicted molar refractivity (Wildman–Crippen MR) is 121 cm³/mol. The molecule has 3 aromatic carbocycles. The monoisotopic (exact) mass is 454 g/mol. The van der Waals surface area contributed by atoms with Crippen molar-refractivity contribution in [1.82, 2.24) is 4.98 Å². The topological polar surface area (TPSA) is 89.3 Å². The second-order valence-electron chi connectivity index (χ2n) is 6.99. The molecule has 0 fully saturated rings. The molecule has 0 aliphatic rings. The first-order valence-electron chi connectivity index (χ1n) is 9.65. The van der Waals surface area contributed by atoms with Crippen molar-refractivity contribution in [3.63, 3.8) is 0 Å². The number of aromatic nitrogens is 1. The van der Waals surface area contributed by atoms with Crippen LogP contribution in [0.3, 0.4) is 0 Å². The van der Waals surface area contributed by atoms with Gasteiger partial charge in [0, 0.05) is 22.7 Å². The van der Waals surface area contributed by atoms with Crippen LogP contribution in [-0.2, 0) is 14.6 Å². The fourth-order valence-electron chi connectivity index (χ4n) is 3.13. The Bertz CT molecular complexity index is 1300. The first-order chi connectivity index (χ1) is 14.9. The highest BCUT2D eigenvalue weighted by atomic mass is 35.5. The molecule has 158 valence electrons. The Balaban J connectivity index is 1.36. The average Bonchev–Trinajstić information content (AvgIpc) is 3.18. The van der Waals surface area contributed by atoms with Crippen LogP contribution >= 0.6 is 11.6 Å². The number of halogens is 1. The van der Waals surface area contributed by atoms with Crippen LogP contribution in [0.5, 0.6) is 0 Å². The van der Waals surface area contributed by atoms with Crippen molar-refractivity contribution < 1.29 is 17.6 Å². The van der Waals surface area contributed by atoms with Crippen LogP contribution in [0.15, 0.2) is 82.1 Å². The Morgan fingerprint density at radius 2 is 1.77 bits per heavy atom. The van der Waals surface area contributed by atoms with E-state index in [4.69, 9.17) is 16.0 Å². The molecule has 0 unspecified atom stereocenters. The van der Waals surface area contributed by atoms with Crippen molar-refractivity contribution >= 4 is 44.1 Å². The van der Waals surface area contributed by atoms with Gasteiger partial charge in [-0.15, -0.1) is 0 Å². The third-order valence-corrected chi connectivity index (χ3v) is 6.75. The van der Waals surface area contributed by atoms with Crippen LogP contribution in [0, 0.1) is 0 Å². The number of hydrogen-bond acceptors (Lipinski definition) is 5. The third kappa shape index (κ3) is 5.13. The number of para-hydroxylation sites is 2. The van der Waals surface area contributed by atoms with Gasteiger partial charge in [0.2, 0.25) is 11.8 Å². The highest BCUT2D eigenvalue weighted by Gasteiger charge is 2.15. The van der Waals surface area contributed by atoms with Crippen molar-refractivity contribution in [3.05, 3.63) is 77.8 Å². The maximum atomic E-state index is 12.4. The quantitative estimate of drug-likeness (QED) is 0.407. The number of benzene rings is 3. The average molecular weight is 455 g/mol. The minimum Gasteiger partial charge on any atom is -0.436 e. The summed E-state index contributed by atoms with van der Waals surface area (Å²) in [5.41, 5.74) is 2.77. The number of anilines is 1. The van der Waals surface area contributed by atoms with Gasteiger partial charge in [-0.05, 0) is 61.0 Å². The summed E-state index contributed by atoms with van der Waals surface area (Å²) >= 11 is 5.80. The molecule has 0 spiro atoms. The van der Waals surface area contributed by atoms with E-state index in [2.05, 4.69) is 10.3 Å². The van der Waals surface area contributed by atoms with E-state index in [1.807, 2.05) is 30.3 Å². The molecule has 0 bridgehead atoms. The first kappa shape index (κ1) is 21.1. The Hall–Kier alpha value is -3.16.